The molecule has 0 saturated carbocycles. The van der Waals surface area contributed by atoms with Crippen LogP contribution in [0.2, 0.25) is 0 Å². The summed E-state index contributed by atoms with van der Waals surface area (Å²) in [5, 5.41) is 2.80. The van der Waals surface area contributed by atoms with Crippen molar-refractivity contribution in [1.29, 1.82) is 0 Å². The Kier molecular flexibility index (Phi) is 3.46. The Morgan fingerprint density at radius 3 is 2.43 bits per heavy atom. The van der Waals surface area contributed by atoms with Gasteiger partial charge in [-0.15, -0.1) is 0 Å². The fourth-order valence-electron chi connectivity index (χ4n) is 1.29. The summed E-state index contributed by atoms with van der Waals surface area (Å²) in [7, 11) is 0. The highest BCUT2D eigenvalue weighted by molar-refractivity contribution is 5.77. The predicted octanol–water partition coefficient (Wildman–Crippen LogP) is 2.22. The van der Waals surface area contributed by atoms with E-state index in [4.69, 9.17) is 0 Å². The van der Waals surface area contributed by atoms with E-state index in [0.29, 0.717) is 0 Å². The molecule has 1 amide bonds. The van der Waals surface area contributed by atoms with Crippen molar-refractivity contribution >= 4 is 11.5 Å². The number of carbonyl (C=O) groups excluding carboxylic acids is 1. The van der Waals surface area contributed by atoms with Crippen molar-refractivity contribution in [2.45, 2.75) is 19.9 Å². The van der Waals surface area contributed by atoms with Gasteiger partial charge in [-0.25, -0.2) is 0 Å². The molecule has 0 bridgehead atoms. The molecule has 0 aromatic heterocycles. The molecule has 2 heteroatoms. The molecule has 1 unspecified atom stereocenters. The highest BCUT2D eigenvalue weighted by Crippen LogP contribution is 2.15. The van der Waals surface area contributed by atoms with Crippen LogP contribution in [0.25, 0.3) is 5.57 Å². The number of amides is 1. The van der Waals surface area contributed by atoms with Gasteiger partial charge in [0, 0.05) is 6.92 Å². The third-order valence-corrected chi connectivity index (χ3v) is 2.09. The molecule has 1 rings (SSSR count). The van der Waals surface area contributed by atoms with Crippen molar-refractivity contribution < 1.29 is 4.79 Å². The minimum absolute atomic E-state index is 0.0186. The summed E-state index contributed by atoms with van der Waals surface area (Å²) in [6.45, 7) is 7.40. The van der Waals surface area contributed by atoms with Gasteiger partial charge in [0.25, 0.3) is 0 Å². The van der Waals surface area contributed by atoms with Gasteiger partial charge >= 0.3 is 0 Å². The predicted molar refractivity (Wildman–Crippen MR) is 58.8 cm³/mol. The lowest BCUT2D eigenvalue weighted by atomic mass is 10.0. The second-order valence-electron chi connectivity index (χ2n) is 3.31. The summed E-state index contributed by atoms with van der Waals surface area (Å²) in [5.74, 6) is -0.0328. The molecular formula is C12H15NO. The Morgan fingerprint density at radius 2 is 1.93 bits per heavy atom. The summed E-state index contributed by atoms with van der Waals surface area (Å²) >= 11 is 0. The van der Waals surface area contributed by atoms with Crippen LogP contribution in [0.1, 0.15) is 19.4 Å². The number of hydrogen-bond donors (Lipinski definition) is 1. The van der Waals surface area contributed by atoms with E-state index in [1.54, 1.807) is 0 Å². The first-order valence-electron chi connectivity index (χ1n) is 4.62. The number of benzene rings is 1. The maximum Gasteiger partial charge on any atom is 0.217 e. The minimum atomic E-state index is -0.0328. The fourth-order valence-corrected chi connectivity index (χ4v) is 1.29. The normalized spacial score (nSPS) is 11.9. The largest absolute Gasteiger partial charge is 0.350 e. The molecule has 74 valence electrons. The van der Waals surface area contributed by atoms with Gasteiger partial charge in [0.2, 0.25) is 5.91 Å². The van der Waals surface area contributed by atoms with Gasteiger partial charge in [0.15, 0.2) is 0 Å². The van der Waals surface area contributed by atoms with Gasteiger partial charge in [-0.2, -0.15) is 0 Å². The van der Waals surface area contributed by atoms with Gasteiger partial charge < -0.3 is 5.32 Å². The highest BCUT2D eigenvalue weighted by atomic mass is 16.1. The molecule has 0 heterocycles. The lowest BCUT2D eigenvalue weighted by Crippen LogP contribution is -2.30. The van der Waals surface area contributed by atoms with Crippen molar-refractivity contribution in [3.63, 3.8) is 0 Å². The average Bonchev–Trinajstić information content (AvgIpc) is 2.17. The van der Waals surface area contributed by atoms with E-state index in [-0.39, 0.29) is 11.9 Å². The SMILES string of the molecule is C=C(c1ccccc1)C(C)NC(C)=O. The highest BCUT2D eigenvalue weighted by Gasteiger charge is 2.08. The molecule has 1 atom stereocenters. The zero-order valence-electron chi connectivity index (χ0n) is 8.58. The molecule has 0 radical (unpaired) electrons. The van der Waals surface area contributed by atoms with Gasteiger partial charge in [-0.1, -0.05) is 36.9 Å². The Balaban J connectivity index is 2.71. The maximum atomic E-state index is 10.8. The number of hydrogen-bond acceptors (Lipinski definition) is 1. The molecule has 0 spiro atoms. The van der Waals surface area contributed by atoms with E-state index >= 15 is 0 Å². The monoisotopic (exact) mass is 189 g/mol. The van der Waals surface area contributed by atoms with Crippen LogP contribution in [0.4, 0.5) is 0 Å². The van der Waals surface area contributed by atoms with Crippen LogP contribution in [0, 0.1) is 0 Å². The summed E-state index contributed by atoms with van der Waals surface area (Å²) in [6.07, 6.45) is 0. The van der Waals surface area contributed by atoms with Crippen molar-refractivity contribution in [3.05, 3.63) is 42.5 Å². The Bertz CT molecular complexity index is 329. The molecular weight excluding hydrogens is 174 g/mol. The molecule has 0 aliphatic carbocycles. The molecule has 14 heavy (non-hydrogen) atoms. The number of carbonyl (C=O) groups is 1. The topological polar surface area (TPSA) is 29.1 Å². The summed E-state index contributed by atoms with van der Waals surface area (Å²) in [5.41, 5.74) is 1.99. The van der Waals surface area contributed by atoms with E-state index < -0.39 is 0 Å². The van der Waals surface area contributed by atoms with Crippen molar-refractivity contribution in [3.8, 4) is 0 Å². The first-order valence-corrected chi connectivity index (χ1v) is 4.62. The van der Waals surface area contributed by atoms with E-state index in [0.717, 1.165) is 11.1 Å². The lowest BCUT2D eigenvalue weighted by molar-refractivity contribution is -0.119. The van der Waals surface area contributed by atoms with Crippen molar-refractivity contribution in [2.24, 2.45) is 0 Å². The first kappa shape index (κ1) is 10.5. The Morgan fingerprint density at radius 1 is 1.36 bits per heavy atom. The van der Waals surface area contributed by atoms with Gasteiger partial charge in [0.1, 0.15) is 0 Å². The van der Waals surface area contributed by atoms with Crippen LogP contribution >= 0.6 is 0 Å². The zero-order valence-corrected chi connectivity index (χ0v) is 8.58. The van der Waals surface area contributed by atoms with Gasteiger partial charge in [0.05, 0.1) is 6.04 Å². The summed E-state index contributed by atoms with van der Waals surface area (Å²) in [6, 6.07) is 9.83. The number of rotatable bonds is 3. The average molecular weight is 189 g/mol. The van der Waals surface area contributed by atoms with Crippen LogP contribution in [0.3, 0.4) is 0 Å². The molecule has 0 saturated heterocycles. The molecule has 0 aliphatic heterocycles. The maximum absolute atomic E-state index is 10.8. The quantitative estimate of drug-likeness (QED) is 0.776. The zero-order chi connectivity index (χ0) is 10.6. The van der Waals surface area contributed by atoms with Crippen molar-refractivity contribution in [2.75, 3.05) is 0 Å². The second-order valence-corrected chi connectivity index (χ2v) is 3.31. The standard InChI is InChI=1S/C12H15NO/c1-9(10(2)13-11(3)14)12-7-5-4-6-8-12/h4-8,10H,1H2,2-3H3,(H,13,14). The molecule has 1 aromatic carbocycles. The van der Waals surface area contributed by atoms with E-state index in [1.165, 1.54) is 6.92 Å². The van der Waals surface area contributed by atoms with Gasteiger partial charge in [-0.05, 0) is 18.1 Å². The fraction of sp³-hybridized carbons (Fsp3) is 0.250. The summed E-state index contributed by atoms with van der Waals surface area (Å²) in [4.78, 5) is 10.8. The van der Waals surface area contributed by atoms with E-state index in [2.05, 4.69) is 11.9 Å². The Hall–Kier alpha value is -1.57. The van der Waals surface area contributed by atoms with Crippen LogP contribution < -0.4 is 5.32 Å². The van der Waals surface area contributed by atoms with Crippen LogP contribution in [-0.4, -0.2) is 11.9 Å². The molecule has 1 N–H and O–H groups in total. The van der Waals surface area contributed by atoms with E-state index in [1.807, 2.05) is 37.3 Å². The van der Waals surface area contributed by atoms with Crippen molar-refractivity contribution in [1.82, 2.24) is 5.32 Å². The number of nitrogens with one attached hydrogen (secondary N) is 1. The van der Waals surface area contributed by atoms with Crippen LogP contribution in [0.15, 0.2) is 36.9 Å². The smallest absolute Gasteiger partial charge is 0.217 e. The van der Waals surface area contributed by atoms with E-state index in [9.17, 15) is 4.79 Å². The molecule has 1 aromatic rings. The molecule has 0 fully saturated rings. The minimum Gasteiger partial charge on any atom is -0.350 e. The molecule has 2 nitrogen and oxygen atoms in total. The van der Waals surface area contributed by atoms with Crippen LogP contribution in [0.5, 0.6) is 0 Å². The molecule has 0 aliphatic rings. The van der Waals surface area contributed by atoms with Gasteiger partial charge in [-0.3, -0.25) is 4.79 Å². The third kappa shape index (κ3) is 2.73. The Labute approximate surface area is 84.6 Å². The third-order valence-electron chi connectivity index (χ3n) is 2.09. The van der Waals surface area contributed by atoms with Crippen LogP contribution in [-0.2, 0) is 4.79 Å². The second kappa shape index (κ2) is 4.61. The lowest BCUT2D eigenvalue weighted by Gasteiger charge is -2.15. The first-order chi connectivity index (χ1) is 6.61. The summed E-state index contributed by atoms with van der Waals surface area (Å²) < 4.78 is 0.